The first kappa shape index (κ1) is 16.9. The van der Waals surface area contributed by atoms with E-state index in [4.69, 9.17) is 5.14 Å². The zero-order chi connectivity index (χ0) is 17.0. The van der Waals surface area contributed by atoms with Crippen LogP contribution in [0.3, 0.4) is 0 Å². The molecule has 7 nitrogen and oxygen atoms in total. The van der Waals surface area contributed by atoms with Crippen molar-refractivity contribution in [3.05, 3.63) is 53.9 Å². The number of hydrogen-bond donors (Lipinski definition) is 3. The largest absolute Gasteiger partial charge is 0.298 e. The van der Waals surface area contributed by atoms with Gasteiger partial charge in [-0.3, -0.25) is 20.6 Å². The minimum Gasteiger partial charge on any atom is -0.298 e. The van der Waals surface area contributed by atoms with Crippen molar-refractivity contribution in [3.8, 4) is 0 Å². The Morgan fingerprint density at radius 3 is 2.39 bits per heavy atom. The predicted octanol–water partition coefficient (Wildman–Crippen LogP) is 1.61. The van der Waals surface area contributed by atoms with Crippen molar-refractivity contribution in [2.24, 2.45) is 5.14 Å². The molecule has 2 aromatic rings. The second kappa shape index (κ2) is 6.76. The van der Waals surface area contributed by atoms with Gasteiger partial charge in [0.05, 0.1) is 10.6 Å². The SMILES string of the molecule is CC(C)c1ccc(NNC(=O)c2cc(S(N)(=O)=O)ccn2)cc1. The van der Waals surface area contributed by atoms with E-state index in [1.165, 1.54) is 17.8 Å². The molecule has 0 saturated heterocycles. The van der Waals surface area contributed by atoms with E-state index in [1.54, 1.807) is 0 Å². The topological polar surface area (TPSA) is 114 Å². The fourth-order valence-corrected chi connectivity index (χ4v) is 2.38. The van der Waals surface area contributed by atoms with Crippen LogP contribution in [0.2, 0.25) is 0 Å². The minimum absolute atomic E-state index is 0.0529. The van der Waals surface area contributed by atoms with E-state index >= 15 is 0 Å². The Hall–Kier alpha value is -2.45. The van der Waals surface area contributed by atoms with Crippen molar-refractivity contribution in [1.82, 2.24) is 10.4 Å². The molecule has 1 heterocycles. The molecule has 0 spiro atoms. The summed E-state index contributed by atoms with van der Waals surface area (Å²) in [6.07, 6.45) is 1.21. The molecule has 23 heavy (non-hydrogen) atoms. The first-order valence-corrected chi connectivity index (χ1v) is 8.47. The number of pyridine rings is 1. The number of carbonyl (C=O) groups is 1. The Bertz CT molecular complexity index is 802. The third-order valence-corrected chi connectivity index (χ3v) is 4.10. The van der Waals surface area contributed by atoms with Crippen LogP contribution in [0.4, 0.5) is 5.69 Å². The number of carbonyl (C=O) groups excluding carboxylic acids is 1. The molecule has 0 saturated carbocycles. The van der Waals surface area contributed by atoms with Crippen molar-refractivity contribution in [1.29, 1.82) is 0 Å². The van der Waals surface area contributed by atoms with Gasteiger partial charge >= 0.3 is 0 Å². The lowest BCUT2D eigenvalue weighted by Gasteiger charge is -2.10. The first-order valence-electron chi connectivity index (χ1n) is 6.92. The molecule has 0 radical (unpaired) electrons. The summed E-state index contributed by atoms with van der Waals surface area (Å²) in [6.45, 7) is 4.18. The molecule has 8 heteroatoms. The smallest absolute Gasteiger partial charge is 0.288 e. The number of hydrogen-bond acceptors (Lipinski definition) is 5. The maximum Gasteiger partial charge on any atom is 0.288 e. The van der Waals surface area contributed by atoms with E-state index in [2.05, 4.69) is 29.7 Å². The van der Waals surface area contributed by atoms with Gasteiger partial charge in [0.2, 0.25) is 10.0 Å². The zero-order valence-corrected chi connectivity index (χ0v) is 13.6. The molecule has 0 aliphatic heterocycles. The Balaban J connectivity index is 2.05. The molecule has 0 unspecified atom stereocenters. The maximum atomic E-state index is 12.0. The van der Waals surface area contributed by atoms with Crippen molar-refractivity contribution >= 4 is 21.6 Å². The lowest BCUT2D eigenvalue weighted by atomic mass is 10.0. The van der Waals surface area contributed by atoms with Crippen LogP contribution in [0.1, 0.15) is 35.8 Å². The predicted molar refractivity (Wildman–Crippen MR) is 87.2 cm³/mol. The van der Waals surface area contributed by atoms with Crippen LogP contribution in [0.25, 0.3) is 0 Å². The van der Waals surface area contributed by atoms with Crippen molar-refractivity contribution in [2.75, 3.05) is 5.43 Å². The molecule has 4 N–H and O–H groups in total. The van der Waals surface area contributed by atoms with Gasteiger partial charge in [-0.15, -0.1) is 0 Å². The number of rotatable bonds is 5. The molecular weight excluding hydrogens is 316 g/mol. The van der Waals surface area contributed by atoms with E-state index < -0.39 is 15.9 Å². The second-order valence-electron chi connectivity index (χ2n) is 5.28. The molecule has 1 aromatic heterocycles. The Kier molecular flexibility index (Phi) is 4.97. The van der Waals surface area contributed by atoms with Crippen LogP contribution >= 0.6 is 0 Å². The summed E-state index contributed by atoms with van der Waals surface area (Å²) in [5, 5.41) is 5.03. The van der Waals surface area contributed by atoms with Crippen molar-refractivity contribution in [2.45, 2.75) is 24.7 Å². The first-order chi connectivity index (χ1) is 10.8. The normalized spacial score (nSPS) is 11.3. The summed E-state index contributed by atoms with van der Waals surface area (Å²) < 4.78 is 22.6. The van der Waals surface area contributed by atoms with Gasteiger partial charge in [0.25, 0.3) is 5.91 Å². The van der Waals surface area contributed by atoms with Gasteiger partial charge in [-0.05, 0) is 35.7 Å². The van der Waals surface area contributed by atoms with E-state index in [0.717, 1.165) is 6.07 Å². The number of anilines is 1. The maximum absolute atomic E-state index is 12.0. The van der Waals surface area contributed by atoms with Crippen LogP contribution < -0.4 is 16.0 Å². The van der Waals surface area contributed by atoms with Crippen LogP contribution in [0.15, 0.2) is 47.5 Å². The van der Waals surface area contributed by atoms with Gasteiger partial charge in [-0.2, -0.15) is 0 Å². The van der Waals surface area contributed by atoms with E-state index in [1.807, 2.05) is 24.3 Å². The van der Waals surface area contributed by atoms with Crippen LogP contribution in [0, 0.1) is 0 Å². The Morgan fingerprint density at radius 2 is 1.83 bits per heavy atom. The molecule has 122 valence electrons. The fraction of sp³-hybridized carbons (Fsp3) is 0.200. The lowest BCUT2D eigenvalue weighted by molar-refractivity contribution is 0.0957. The van der Waals surface area contributed by atoms with Gasteiger partial charge in [0, 0.05) is 6.20 Å². The minimum atomic E-state index is -3.88. The Labute approximate surface area is 134 Å². The van der Waals surface area contributed by atoms with Crippen molar-refractivity contribution in [3.63, 3.8) is 0 Å². The molecular formula is C15H18N4O3S. The summed E-state index contributed by atoms with van der Waals surface area (Å²) in [4.78, 5) is 15.7. The molecule has 0 atom stereocenters. The highest BCUT2D eigenvalue weighted by molar-refractivity contribution is 7.89. The van der Waals surface area contributed by atoms with E-state index in [9.17, 15) is 13.2 Å². The number of aromatic nitrogens is 1. The second-order valence-corrected chi connectivity index (χ2v) is 6.84. The lowest BCUT2D eigenvalue weighted by Crippen LogP contribution is -2.30. The number of hydrazine groups is 1. The molecule has 1 amide bonds. The highest BCUT2D eigenvalue weighted by Crippen LogP contribution is 2.16. The summed E-state index contributed by atoms with van der Waals surface area (Å²) >= 11 is 0. The summed E-state index contributed by atoms with van der Waals surface area (Å²) in [6, 6.07) is 9.93. The summed E-state index contributed by atoms with van der Waals surface area (Å²) in [5.41, 5.74) is 7.03. The highest BCUT2D eigenvalue weighted by atomic mass is 32.2. The van der Waals surface area contributed by atoms with Crippen LogP contribution in [-0.2, 0) is 10.0 Å². The van der Waals surface area contributed by atoms with Gasteiger partial charge in [0.15, 0.2) is 0 Å². The van der Waals surface area contributed by atoms with E-state index in [0.29, 0.717) is 11.6 Å². The third kappa shape index (κ3) is 4.51. The highest BCUT2D eigenvalue weighted by Gasteiger charge is 2.13. The summed E-state index contributed by atoms with van der Waals surface area (Å²) in [7, 11) is -3.88. The van der Waals surface area contributed by atoms with Gasteiger partial charge in [-0.25, -0.2) is 13.6 Å². The van der Waals surface area contributed by atoms with Crippen LogP contribution in [-0.4, -0.2) is 19.3 Å². The fourth-order valence-electron chi connectivity index (χ4n) is 1.86. The number of nitrogens with zero attached hydrogens (tertiary/aromatic N) is 1. The van der Waals surface area contributed by atoms with Gasteiger partial charge < -0.3 is 0 Å². The number of sulfonamides is 1. The average Bonchev–Trinajstić information content (AvgIpc) is 2.52. The van der Waals surface area contributed by atoms with Crippen molar-refractivity contribution < 1.29 is 13.2 Å². The number of nitrogens with two attached hydrogens (primary N) is 1. The molecule has 0 bridgehead atoms. The molecule has 2 rings (SSSR count). The third-order valence-electron chi connectivity index (χ3n) is 3.19. The van der Waals surface area contributed by atoms with Gasteiger partial charge in [-0.1, -0.05) is 26.0 Å². The van der Waals surface area contributed by atoms with Gasteiger partial charge in [0.1, 0.15) is 5.69 Å². The molecule has 0 aliphatic carbocycles. The average molecular weight is 334 g/mol. The standard InChI is InChI=1S/C15H18N4O3S/c1-10(2)11-3-5-12(6-4-11)18-19-15(20)14-9-13(7-8-17-14)23(16,21)22/h3-10,18H,1-2H3,(H,19,20)(H2,16,21,22). The number of amides is 1. The number of nitrogens with one attached hydrogen (secondary N) is 2. The zero-order valence-electron chi connectivity index (χ0n) is 12.8. The number of primary sulfonamides is 1. The molecule has 0 aliphatic rings. The molecule has 0 fully saturated rings. The quantitative estimate of drug-likeness (QED) is 0.719. The Morgan fingerprint density at radius 1 is 1.17 bits per heavy atom. The monoisotopic (exact) mass is 334 g/mol. The van der Waals surface area contributed by atoms with E-state index in [-0.39, 0.29) is 10.6 Å². The molecule has 1 aromatic carbocycles. The number of benzene rings is 1. The van der Waals surface area contributed by atoms with Crippen LogP contribution in [0.5, 0.6) is 0 Å². The summed E-state index contributed by atoms with van der Waals surface area (Å²) in [5.74, 6) is -0.146.